The van der Waals surface area contributed by atoms with E-state index in [1.54, 1.807) is 6.92 Å². The lowest BCUT2D eigenvalue weighted by molar-refractivity contribution is -0.274. The van der Waals surface area contributed by atoms with Gasteiger partial charge >= 0.3 is 11.9 Å². The second-order valence-electron chi connectivity index (χ2n) is 14.3. The molecule has 2 heterocycles. The third kappa shape index (κ3) is 3.85. The van der Waals surface area contributed by atoms with E-state index in [0.29, 0.717) is 41.4 Å². The van der Waals surface area contributed by atoms with Gasteiger partial charge in [0.15, 0.2) is 5.79 Å². The molecule has 1 spiro atoms. The molecule has 0 unspecified atom stereocenters. The Morgan fingerprint density at radius 3 is 2.30 bits per heavy atom. The first kappa shape index (κ1) is 26.1. The van der Waals surface area contributed by atoms with Crippen LogP contribution in [0, 0.1) is 52.3 Å². The van der Waals surface area contributed by atoms with Gasteiger partial charge in [0, 0.05) is 37.5 Å². The van der Waals surface area contributed by atoms with Gasteiger partial charge in [0.05, 0.1) is 12.7 Å². The first-order valence-electron chi connectivity index (χ1n) is 15.1. The molecule has 4 aliphatic carbocycles. The number of carbonyl (C=O) groups excluding carboxylic acids is 2. The zero-order valence-corrected chi connectivity index (χ0v) is 23.8. The monoisotopic (exact) mass is 516 g/mol. The Balaban J connectivity index is 1.30. The van der Waals surface area contributed by atoms with Crippen molar-refractivity contribution in [3.8, 4) is 0 Å². The molecule has 0 bridgehead atoms. The number of carbonyl (C=O) groups is 2. The molecule has 2 aliphatic heterocycles. The van der Waals surface area contributed by atoms with Crippen LogP contribution < -0.4 is 0 Å². The van der Waals surface area contributed by atoms with E-state index in [2.05, 4.69) is 27.7 Å². The van der Waals surface area contributed by atoms with Crippen LogP contribution in [0.25, 0.3) is 0 Å². The Hall–Kier alpha value is -1.14. The maximum atomic E-state index is 12.5. The first-order valence-corrected chi connectivity index (χ1v) is 15.1. The fraction of sp³-hybridized carbons (Fsp3) is 0.935. The van der Waals surface area contributed by atoms with Gasteiger partial charge in [0.2, 0.25) is 0 Å². The summed E-state index contributed by atoms with van der Waals surface area (Å²) in [6.07, 6.45) is 9.70. The van der Waals surface area contributed by atoms with Gasteiger partial charge in [-0.3, -0.25) is 9.59 Å². The van der Waals surface area contributed by atoms with E-state index in [-0.39, 0.29) is 41.1 Å². The maximum absolute atomic E-state index is 12.5. The summed E-state index contributed by atoms with van der Waals surface area (Å²) in [4.78, 5) is 24.1. The Morgan fingerprint density at radius 1 is 0.865 bits per heavy atom. The molecule has 0 amide bonds. The van der Waals surface area contributed by atoms with Crippen molar-refractivity contribution >= 4 is 11.9 Å². The van der Waals surface area contributed by atoms with Crippen molar-refractivity contribution in [2.75, 3.05) is 6.61 Å². The normalized spacial score (nSPS) is 54.5. The molecule has 13 atom stereocenters. The predicted octanol–water partition coefficient (Wildman–Crippen LogP) is 5.91. The summed E-state index contributed by atoms with van der Waals surface area (Å²) in [5, 5.41) is 0. The van der Waals surface area contributed by atoms with E-state index in [1.165, 1.54) is 19.8 Å². The zero-order chi connectivity index (χ0) is 26.3. The fourth-order valence-corrected chi connectivity index (χ4v) is 10.9. The SMILES string of the molecule is CC(=O)O[C@H]1CC[C@@]2(C)[C@@H](CC[C@@H]3[C@@H]2C[C@H](OC(C)=O)[C@]2(C)[C@@H]4[C@@H](C[C@@H]32)O[C@]2(CC[C@H](C)CO2)[C@H]4C)C1. The molecule has 6 heteroatoms. The highest BCUT2D eigenvalue weighted by atomic mass is 16.7. The highest BCUT2D eigenvalue weighted by Crippen LogP contribution is 2.71. The van der Waals surface area contributed by atoms with Crippen molar-refractivity contribution in [3.63, 3.8) is 0 Å². The molecule has 6 fully saturated rings. The summed E-state index contributed by atoms with van der Waals surface area (Å²) in [6, 6.07) is 0. The number of hydrogen-bond acceptors (Lipinski definition) is 6. The maximum Gasteiger partial charge on any atom is 0.302 e. The Morgan fingerprint density at radius 2 is 1.62 bits per heavy atom. The minimum absolute atomic E-state index is 0.0553. The predicted molar refractivity (Wildman–Crippen MR) is 138 cm³/mol. The van der Waals surface area contributed by atoms with E-state index in [9.17, 15) is 9.59 Å². The van der Waals surface area contributed by atoms with Crippen LogP contribution in [0.15, 0.2) is 0 Å². The highest BCUT2D eigenvalue weighted by Gasteiger charge is 2.72. The number of esters is 2. The van der Waals surface area contributed by atoms with Crippen LogP contribution in [0.1, 0.15) is 99.3 Å². The largest absolute Gasteiger partial charge is 0.463 e. The Bertz CT molecular complexity index is 925. The van der Waals surface area contributed by atoms with E-state index in [0.717, 1.165) is 51.6 Å². The summed E-state index contributed by atoms with van der Waals surface area (Å²) in [5.74, 6) is 2.66. The summed E-state index contributed by atoms with van der Waals surface area (Å²) in [5.41, 5.74) is 0.109. The van der Waals surface area contributed by atoms with E-state index in [4.69, 9.17) is 18.9 Å². The molecule has 6 aliphatic rings. The van der Waals surface area contributed by atoms with Gasteiger partial charge in [-0.05, 0) is 86.4 Å². The molecule has 2 saturated heterocycles. The van der Waals surface area contributed by atoms with Gasteiger partial charge < -0.3 is 18.9 Å². The highest BCUT2D eigenvalue weighted by molar-refractivity contribution is 5.66. The van der Waals surface area contributed by atoms with Crippen LogP contribution in [0.3, 0.4) is 0 Å². The van der Waals surface area contributed by atoms with E-state index in [1.807, 2.05) is 0 Å². The first-order chi connectivity index (χ1) is 17.5. The topological polar surface area (TPSA) is 71.1 Å². The van der Waals surface area contributed by atoms with E-state index < -0.39 is 5.79 Å². The van der Waals surface area contributed by atoms with Crippen molar-refractivity contribution in [2.24, 2.45) is 52.3 Å². The van der Waals surface area contributed by atoms with Gasteiger partial charge in [-0.2, -0.15) is 0 Å². The molecule has 0 N–H and O–H groups in total. The molecule has 37 heavy (non-hydrogen) atoms. The lowest BCUT2D eigenvalue weighted by Crippen LogP contribution is -2.60. The number of fused-ring (bicyclic) bond motifs is 7. The van der Waals surface area contributed by atoms with Crippen molar-refractivity contribution in [2.45, 2.75) is 123 Å². The number of rotatable bonds is 2. The third-order valence-electron chi connectivity index (χ3n) is 12.6. The second-order valence-corrected chi connectivity index (χ2v) is 14.3. The summed E-state index contributed by atoms with van der Waals surface area (Å²) in [7, 11) is 0. The van der Waals surface area contributed by atoms with Crippen LogP contribution in [-0.4, -0.2) is 42.6 Å². The van der Waals surface area contributed by atoms with Crippen LogP contribution in [0.5, 0.6) is 0 Å². The van der Waals surface area contributed by atoms with Crippen LogP contribution in [0.2, 0.25) is 0 Å². The molecule has 6 rings (SSSR count). The summed E-state index contributed by atoms with van der Waals surface area (Å²) in [6.45, 7) is 13.4. The van der Waals surface area contributed by atoms with Crippen molar-refractivity contribution in [1.29, 1.82) is 0 Å². The molecule has 6 nitrogen and oxygen atoms in total. The molecule has 0 aromatic carbocycles. The molecule has 0 aromatic heterocycles. The van der Waals surface area contributed by atoms with Gasteiger partial charge in [-0.25, -0.2) is 0 Å². The quantitative estimate of drug-likeness (QED) is 0.425. The van der Waals surface area contributed by atoms with Gasteiger partial charge in [0.1, 0.15) is 12.2 Å². The zero-order valence-electron chi connectivity index (χ0n) is 23.8. The molecule has 0 aromatic rings. The summed E-state index contributed by atoms with van der Waals surface area (Å²) >= 11 is 0. The van der Waals surface area contributed by atoms with E-state index >= 15 is 0 Å². The molecular weight excluding hydrogens is 468 g/mol. The minimum atomic E-state index is -0.466. The lowest BCUT2D eigenvalue weighted by atomic mass is 9.43. The second kappa shape index (κ2) is 8.94. The molecular formula is C31H48O6. The van der Waals surface area contributed by atoms with Crippen molar-refractivity contribution in [1.82, 2.24) is 0 Å². The number of hydrogen-bond donors (Lipinski definition) is 0. The minimum Gasteiger partial charge on any atom is -0.463 e. The Kier molecular flexibility index (Phi) is 6.31. The average Bonchev–Trinajstić information content (AvgIpc) is 3.27. The van der Waals surface area contributed by atoms with Gasteiger partial charge in [0.25, 0.3) is 0 Å². The lowest BCUT2D eigenvalue weighted by Gasteiger charge is -2.62. The van der Waals surface area contributed by atoms with Crippen molar-refractivity contribution < 1.29 is 28.5 Å². The molecule has 0 radical (unpaired) electrons. The van der Waals surface area contributed by atoms with Gasteiger partial charge in [-0.15, -0.1) is 0 Å². The molecule has 4 saturated carbocycles. The molecule has 208 valence electrons. The number of ether oxygens (including phenoxy) is 4. The smallest absolute Gasteiger partial charge is 0.302 e. The average molecular weight is 517 g/mol. The standard InChI is InChI=1S/C31H48O6/c1-17-9-12-31(34-16-17)18(2)28-26(37-31)14-25-23-8-7-21-13-22(35-19(3)32)10-11-29(21,5)24(23)15-27(30(25,28)6)36-20(4)33/h17-18,21-28H,7-16H2,1-6H3/t17-,18-,21-,22-,23+,24-,25-,26+,27-,28-,29-,30+,31+/m0/s1. The van der Waals surface area contributed by atoms with Crippen LogP contribution in [-0.2, 0) is 28.5 Å². The van der Waals surface area contributed by atoms with Crippen LogP contribution in [0.4, 0.5) is 0 Å². The van der Waals surface area contributed by atoms with Crippen molar-refractivity contribution in [3.05, 3.63) is 0 Å². The third-order valence-corrected chi connectivity index (χ3v) is 12.6. The van der Waals surface area contributed by atoms with Gasteiger partial charge in [-0.1, -0.05) is 27.7 Å². The van der Waals surface area contributed by atoms with Crippen LogP contribution >= 0.6 is 0 Å². The Labute approximate surface area is 222 Å². The fourth-order valence-electron chi connectivity index (χ4n) is 10.9. The summed E-state index contributed by atoms with van der Waals surface area (Å²) < 4.78 is 25.4.